The lowest BCUT2D eigenvalue weighted by Crippen LogP contribution is -2.52. The SMILES string of the molecule is Cl.O=C1NCCN(C(=O)c2ccn(C3CCCNC3)n2)C1c1ccccc1. The van der Waals surface area contributed by atoms with Crippen molar-refractivity contribution in [1.82, 2.24) is 25.3 Å². The lowest BCUT2D eigenvalue weighted by molar-refractivity contribution is -0.128. The lowest BCUT2D eigenvalue weighted by atomic mass is 10.0. The summed E-state index contributed by atoms with van der Waals surface area (Å²) in [5.41, 5.74) is 1.21. The Morgan fingerprint density at radius 1 is 1.15 bits per heavy atom. The summed E-state index contributed by atoms with van der Waals surface area (Å²) < 4.78 is 1.88. The molecule has 1 aromatic carbocycles. The second kappa shape index (κ2) is 8.54. The predicted molar refractivity (Wildman–Crippen MR) is 104 cm³/mol. The molecule has 2 N–H and O–H groups in total. The summed E-state index contributed by atoms with van der Waals surface area (Å²) in [6.45, 7) is 2.84. The van der Waals surface area contributed by atoms with Crippen LogP contribution in [-0.4, -0.2) is 52.7 Å². The Morgan fingerprint density at radius 2 is 1.96 bits per heavy atom. The van der Waals surface area contributed by atoms with E-state index in [1.165, 1.54) is 0 Å². The van der Waals surface area contributed by atoms with E-state index in [0.717, 1.165) is 31.5 Å². The molecular formula is C19H24ClN5O2. The molecule has 3 heterocycles. The number of carbonyl (C=O) groups excluding carboxylic acids is 2. The first-order valence-corrected chi connectivity index (χ1v) is 9.13. The number of amides is 2. The van der Waals surface area contributed by atoms with Gasteiger partial charge in [0.2, 0.25) is 5.91 Å². The van der Waals surface area contributed by atoms with Crippen LogP contribution >= 0.6 is 12.4 Å². The van der Waals surface area contributed by atoms with Crippen LogP contribution in [0.5, 0.6) is 0 Å². The fraction of sp³-hybridized carbons (Fsp3) is 0.421. The third-order valence-corrected chi connectivity index (χ3v) is 5.06. The first-order valence-electron chi connectivity index (χ1n) is 9.13. The monoisotopic (exact) mass is 389 g/mol. The molecule has 27 heavy (non-hydrogen) atoms. The number of halogens is 1. The molecular weight excluding hydrogens is 366 g/mol. The number of nitrogens with zero attached hydrogens (tertiary/aromatic N) is 3. The summed E-state index contributed by atoms with van der Waals surface area (Å²) >= 11 is 0. The molecule has 2 unspecified atom stereocenters. The summed E-state index contributed by atoms with van der Waals surface area (Å²) in [4.78, 5) is 27.2. The molecule has 1 aromatic heterocycles. The zero-order valence-corrected chi connectivity index (χ0v) is 15.8. The van der Waals surface area contributed by atoms with Gasteiger partial charge in [0.05, 0.1) is 6.04 Å². The van der Waals surface area contributed by atoms with Crippen LogP contribution in [0, 0.1) is 0 Å². The molecule has 0 spiro atoms. The standard InChI is InChI=1S/C19H23N5O2.ClH/c25-18-17(14-5-2-1-3-6-14)23(12-10-21-18)19(26)16-8-11-24(22-16)15-7-4-9-20-13-15;/h1-3,5-6,8,11,15,17,20H,4,7,9-10,12-13H2,(H,21,25);1H. The van der Waals surface area contributed by atoms with Gasteiger partial charge in [0.15, 0.2) is 0 Å². The Kier molecular flexibility index (Phi) is 6.13. The number of nitrogens with one attached hydrogen (secondary N) is 2. The maximum absolute atomic E-state index is 13.1. The maximum Gasteiger partial charge on any atom is 0.275 e. The third kappa shape index (κ3) is 3.99. The van der Waals surface area contributed by atoms with Gasteiger partial charge in [-0.3, -0.25) is 14.3 Å². The number of rotatable bonds is 3. The first kappa shape index (κ1) is 19.4. The van der Waals surface area contributed by atoms with Gasteiger partial charge in [-0.15, -0.1) is 12.4 Å². The van der Waals surface area contributed by atoms with Crippen LogP contribution in [0.1, 0.15) is 41.0 Å². The Labute approximate surface area is 164 Å². The van der Waals surface area contributed by atoms with E-state index in [1.807, 2.05) is 41.2 Å². The molecule has 2 aliphatic heterocycles. The molecule has 0 saturated carbocycles. The van der Waals surface area contributed by atoms with E-state index in [9.17, 15) is 9.59 Å². The van der Waals surface area contributed by atoms with E-state index in [0.29, 0.717) is 18.8 Å². The van der Waals surface area contributed by atoms with Gasteiger partial charge < -0.3 is 15.5 Å². The zero-order chi connectivity index (χ0) is 17.9. The van der Waals surface area contributed by atoms with Crippen molar-refractivity contribution in [1.29, 1.82) is 0 Å². The minimum Gasteiger partial charge on any atom is -0.352 e. The van der Waals surface area contributed by atoms with E-state index >= 15 is 0 Å². The zero-order valence-electron chi connectivity index (χ0n) is 15.0. The largest absolute Gasteiger partial charge is 0.352 e. The Hall–Kier alpha value is -2.38. The van der Waals surface area contributed by atoms with Crippen LogP contribution in [0.3, 0.4) is 0 Å². The fourth-order valence-corrected chi connectivity index (χ4v) is 3.71. The second-order valence-electron chi connectivity index (χ2n) is 6.78. The molecule has 0 bridgehead atoms. The molecule has 0 aliphatic carbocycles. The average Bonchev–Trinajstić information content (AvgIpc) is 3.19. The summed E-state index contributed by atoms with van der Waals surface area (Å²) in [7, 11) is 0. The van der Waals surface area contributed by atoms with Crippen molar-refractivity contribution in [3.8, 4) is 0 Å². The van der Waals surface area contributed by atoms with Crippen LogP contribution in [0.25, 0.3) is 0 Å². The number of carbonyl (C=O) groups is 2. The molecule has 2 atom stereocenters. The van der Waals surface area contributed by atoms with Crippen molar-refractivity contribution in [2.75, 3.05) is 26.2 Å². The van der Waals surface area contributed by atoms with Gasteiger partial charge in [-0.25, -0.2) is 0 Å². The van der Waals surface area contributed by atoms with Crippen molar-refractivity contribution in [2.24, 2.45) is 0 Å². The van der Waals surface area contributed by atoms with Gasteiger partial charge in [0.1, 0.15) is 11.7 Å². The molecule has 0 radical (unpaired) electrons. The quantitative estimate of drug-likeness (QED) is 0.834. The highest BCUT2D eigenvalue weighted by Crippen LogP contribution is 2.25. The van der Waals surface area contributed by atoms with Crippen molar-refractivity contribution in [3.05, 3.63) is 53.9 Å². The highest BCUT2D eigenvalue weighted by Gasteiger charge is 2.35. The molecule has 8 heteroatoms. The maximum atomic E-state index is 13.1. The molecule has 144 valence electrons. The Morgan fingerprint density at radius 3 is 2.70 bits per heavy atom. The van der Waals surface area contributed by atoms with Crippen LogP contribution in [0.2, 0.25) is 0 Å². The summed E-state index contributed by atoms with van der Waals surface area (Å²) in [6.07, 6.45) is 4.03. The minimum atomic E-state index is -0.612. The van der Waals surface area contributed by atoms with Gasteiger partial charge in [0.25, 0.3) is 5.91 Å². The number of hydrogen-bond donors (Lipinski definition) is 2. The van der Waals surface area contributed by atoms with Crippen LogP contribution in [-0.2, 0) is 4.79 Å². The number of piperidine rings is 1. The average molecular weight is 390 g/mol. The third-order valence-electron chi connectivity index (χ3n) is 5.06. The molecule has 2 aliphatic rings. The van der Waals surface area contributed by atoms with Crippen molar-refractivity contribution in [2.45, 2.75) is 24.9 Å². The lowest BCUT2D eigenvalue weighted by Gasteiger charge is -2.34. The van der Waals surface area contributed by atoms with Crippen molar-refractivity contribution < 1.29 is 9.59 Å². The highest BCUT2D eigenvalue weighted by atomic mass is 35.5. The number of piperazine rings is 1. The predicted octanol–water partition coefficient (Wildman–Crippen LogP) is 1.54. The molecule has 7 nitrogen and oxygen atoms in total. The minimum absolute atomic E-state index is 0. The van der Waals surface area contributed by atoms with Gasteiger partial charge in [0, 0.05) is 25.8 Å². The summed E-state index contributed by atoms with van der Waals surface area (Å²) in [5.74, 6) is -0.345. The number of hydrogen-bond acceptors (Lipinski definition) is 4. The normalized spacial score (nSPS) is 22.7. The second-order valence-corrected chi connectivity index (χ2v) is 6.78. The van der Waals surface area contributed by atoms with Crippen molar-refractivity contribution in [3.63, 3.8) is 0 Å². The summed E-state index contributed by atoms with van der Waals surface area (Å²) in [6, 6.07) is 10.8. The van der Waals surface area contributed by atoms with Gasteiger partial charge in [-0.1, -0.05) is 30.3 Å². The van der Waals surface area contributed by atoms with E-state index < -0.39 is 6.04 Å². The molecule has 2 amide bonds. The molecule has 2 fully saturated rings. The van der Waals surface area contributed by atoms with Crippen LogP contribution in [0.15, 0.2) is 42.6 Å². The molecule has 2 aromatic rings. The highest BCUT2D eigenvalue weighted by molar-refractivity contribution is 5.97. The van der Waals surface area contributed by atoms with Crippen LogP contribution in [0.4, 0.5) is 0 Å². The Balaban J connectivity index is 0.00000210. The van der Waals surface area contributed by atoms with E-state index in [2.05, 4.69) is 15.7 Å². The van der Waals surface area contributed by atoms with Gasteiger partial charge >= 0.3 is 0 Å². The van der Waals surface area contributed by atoms with E-state index in [4.69, 9.17) is 0 Å². The topological polar surface area (TPSA) is 79.3 Å². The number of aromatic nitrogens is 2. The number of benzene rings is 1. The van der Waals surface area contributed by atoms with Gasteiger partial charge in [-0.05, 0) is 31.0 Å². The van der Waals surface area contributed by atoms with E-state index in [1.54, 1.807) is 11.0 Å². The first-order chi connectivity index (χ1) is 12.7. The molecule has 4 rings (SSSR count). The van der Waals surface area contributed by atoms with Crippen LogP contribution < -0.4 is 10.6 Å². The van der Waals surface area contributed by atoms with E-state index in [-0.39, 0.29) is 30.3 Å². The fourth-order valence-electron chi connectivity index (χ4n) is 3.71. The smallest absolute Gasteiger partial charge is 0.275 e. The van der Waals surface area contributed by atoms with Crippen molar-refractivity contribution >= 4 is 24.2 Å². The molecule has 2 saturated heterocycles. The van der Waals surface area contributed by atoms with Gasteiger partial charge in [-0.2, -0.15) is 5.10 Å². The Bertz CT molecular complexity index is 788. The summed E-state index contributed by atoms with van der Waals surface area (Å²) in [5, 5.41) is 10.7.